The van der Waals surface area contributed by atoms with Crippen LogP contribution in [0, 0.1) is 44.0 Å². The van der Waals surface area contributed by atoms with Gasteiger partial charge in [0.05, 0.1) is 18.8 Å². The Bertz CT molecular complexity index is 2730. The normalized spacial score (nSPS) is 27.5. The maximum Gasteiger partial charge on any atom is 0.406 e. The van der Waals surface area contributed by atoms with Crippen LogP contribution < -0.4 is 14.2 Å². The van der Waals surface area contributed by atoms with Crippen molar-refractivity contribution in [2.24, 2.45) is 11.8 Å². The molecule has 15 atom stereocenters. The van der Waals surface area contributed by atoms with Crippen LogP contribution >= 0.6 is 0 Å². The first-order valence-corrected chi connectivity index (χ1v) is 24.7. The summed E-state index contributed by atoms with van der Waals surface area (Å²) in [5.74, 6) is -6.51. The molecule has 0 radical (unpaired) electrons. The smallest absolute Gasteiger partial charge is 0.406 e. The van der Waals surface area contributed by atoms with Gasteiger partial charge in [0, 0.05) is 51.9 Å². The van der Waals surface area contributed by atoms with Crippen molar-refractivity contribution in [3.8, 4) is 23.0 Å². The number of rotatable bonds is 15. The summed E-state index contributed by atoms with van der Waals surface area (Å²) < 4.78 is 81.5. The van der Waals surface area contributed by atoms with E-state index in [0.29, 0.717) is 12.8 Å². The lowest BCUT2D eigenvalue weighted by atomic mass is 9.89. The maximum absolute atomic E-state index is 13.8. The maximum atomic E-state index is 13.8. The van der Waals surface area contributed by atoms with Crippen molar-refractivity contribution in [3.63, 3.8) is 0 Å². The summed E-state index contributed by atoms with van der Waals surface area (Å²) in [5, 5.41) is 67.7. The van der Waals surface area contributed by atoms with Gasteiger partial charge in [-0.1, -0.05) is 27.7 Å². The third kappa shape index (κ3) is 18.6. The summed E-state index contributed by atoms with van der Waals surface area (Å²) in [4.78, 5) is 79.7. The van der Waals surface area contributed by atoms with Crippen LogP contribution in [0.5, 0.6) is 23.0 Å². The number of nitro groups is 2. The molecule has 4 aromatic heterocycles. The number of ether oxygens (including phenoxy) is 10. The fraction of sp³-hybridized carbons (Fsp3) is 0.520. The number of hydrogen-bond donors (Lipinski definition) is 5. The molecule has 5 N–H and O–H groups in total. The van der Waals surface area contributed by atoms with E-state index < -0.39 is 137 Å². The summed E-state index contributed by atoms with van der Waals surface area (Å²) in [6, 6.07) is 11.0. The molecular formula is C50H62F2N6O23. The SMILES string of the molecule is CC[C@H]1O[C@@H](Oc2cccnc2[19F])[C@H](OC(C)=O)[C@@H](OC(C)=O)[C@H]1C.CC[C@H]1O[C@@H](Oc2cccnc2[N+](=O)[O-])[C@H](OC(C)=O)[C@@H](OC(C)=O)[C@H]1C.O=[N+]([O-])c1ncccc1O.OC[C@H]1O[C@@H](Oc2cccnc2[19F])[C@H](O)[C@@H](O)[C@H]1O. The minimum atomic E-state index is -1.59. The van der Waals surface area contributed by atoms with Crippen molar-refractivity contribution in [2.75, 3.05) is 6.61 Å². The topological polar surface area (TPSA) is 400 Å². The molecule has 444 valence electrons. The highest BCUT2D eigenvalue weighted by Gasteiger charge is 2.51. The number of aliphatic hydroxyl groups is 4. The van der Waals surface area contributed by atoms with Crippen LogP contribution in [0.15, 0.2) is 73.3 Å². The summed E-state index contributed by atoms with van der Waals surface area (Å²) >= 11 is 0. The van der Waals surface area contributed by atoms with E-state index in [4.69, 9.17) is 57.6 Å². The van der Waals surface area contributed by atoms with Crippen molar-refractivity contribution in [1.29, 1.82) is 0 Å². The molecule has 7 rings (SSSR count). The number of halogens is 2. The quantitative estimate of drug-likeness (QED) is 0.0374. The van der Waals surface area contributed by atoms with E-state index in [1.165, 1.54) is 101 Å². The van der Waals surface area contributed by atoms with E-state index in [1.807, 2.05) is 20.8 Å². The molecule has 7 heterocycles. The van der Waals surface area contributed by atoms with Crippen LogP contribution in [0.25, 0.3) is 0 Å². The third-order valence-corrected chi connectivity index (χ3v) is 11.9. The predicted octanol–water partition coefficient (Wildman–Crippen LogP) is 3.33. The van der Waals surface area contributed by atoms with Gasteiger partial charge >= 0.3 is 35.5 Å². The first kappa shape index (κ1) is 65.6. The Morgan fingerprint density at radius 1 is 0.543 bits per heavy atom. The highest BCUT2D eigenvalue weighted by molar-refractivity contribution is 5.68. The molecular weight excluding hydrogens is 1090 g/mol. The summed E-state index contributed by atoms with van der Waals surface area (Å²) in [5.41, 5.74) is 0. The fourth-order valence-electron chi connectivity index (χ4n) is 8.16. The second kappa shape index (κ2) is 31.2. The Balaban J connectivity index is 0.000000243. The average molecular weight is 1150 g/mol. The monoisotopic (exact) mass is 1150 g/mol. The Morgan fingerprint density at radius 3 is 1.27 bits per heavy atom. The lowest BCUT2D eigenvalue weighted by Crippen LogP contribution is -2.60. The highest BCUT2D eigenvalue weighted by Crippen LogP contribution is 2.36. The van der Waals surface area contributed by atoms with Gasteiger partial charge < -0.3 is 93.1 Å². The van der Waals surface area contributed by atoms with E-state index in [0.717, 1.165) is 0 Å². The average Bonchev–Trinajstić information content (AvgIpc) is 3.42. The minimum Gasteiger partial charge on any atom is -0.501 e. The van der Waals surface area contributed by atoms with Gasteiger partial charge in [0.25, 0.3) is 11.9 Å². The molecule has 0 aliphatic carbocycles. The Morgan fingerprint density at radius 2 is 0.901 bits per heavy atom. The van der Waals surface area contributed by atoms with E-state index in [-0.39, 0.29) is 41.3 Å². The van der Waals surface area contributed by atoms with Crippen LogP contribution in [-0.4, -0.2) is 166 Å². The number of aliphatic hydroxyl groups excluding tert-OH is 4. The van der Waals surface area contributed by atoms with Crippen molar-refractivity contribution < 1.29 is 111 Å². The van der Waals surface area contributed by atoms with E-state index in [9.17, 15) is 63.5 Å². The molecule has 0 spiro atoms. The van der Waals surface area contributed by atoms with Crippen LogP contribution in [0.1, 0.15) is 68.2 Å². The number of carbonyl (C=O) groups is 4. The molecule has 0 amide bonds. The zero-order valence-corrected chi connectivity index (χ0v) is 44.7. The molecule has 81 heavy (non-hydrogen) atoms. The molecule has 0 unspecified atom stereocenters. The zero-order valence-electron chi connectivity index (χ0n) is 44.7. The first-order chi connectivity index (χ1) is 38.3. The van der Waals surface area contributed by atoms with Crippen molar-refractivity contribution in [2.45, 2.75) is 148 Å². The van der Waals surface area contributed by atoms with Gasteiger partial charge in [-0.3, -0.25) is 19.2 Å². The van der Waals surface area contributed by atoms with Crippen molar-refractivity contribution in [1.82, 2.24) is 19.9 Å². The molecule has 3 aliphatic rings. The summed E-state index contributed by atoms with van der Waals surface area (Å²) in [6.45, 7) is 11.8. The molecule has 3 saturated heterocycles. The fourth-order valence-corrected chi connectivity index (χ4v) is 8.16. The molecule has 0 saturated carbocycles. The predicted molar refractivity (Wildman–Crippen MR) is 266 cm³/mol. The number of esters is 4. The molecule has 0 bridgehead atoms. The van der Waals surface area contributed by atoms with E-state index >= 15 is 0 Å². The zero-order chi connectivity index (χ0) is 60.2. The van der Waals surface area contributed by atoms with Crippen molar-refractivity contribution in [3.05, 3.63) is 105 Å². The number of carbonyl (C=O) groups excluding carboxylic acids is 4. The number of hydrogen-bond acceptors (Lipinski definition) is 27. The standard InChI is InChI=1S/C17H22FNO6.C17H22N2O8.C11H14FNO6.C5H4N2O3/c1-5-12-9(2)14(22-10(3)20)15(23-11(4)21)17(24-12)25-13-7-6-8-19-16(13)18;1-5-12-9(2)14(24-10(3)20)15(25-11(4)21)17(26-12)27-13-7-6-8-18-16(13)19(22)23;12-10-5(2-1-3-13-10)18-11-9(17)8(16)7(15)6(4-14)19-11;8-4-2-1-3-6-5(4)7(9)10/h6-9,12,14-15,17H,5H2,1-4H3;6-9,12,14-15,17H,5H2,1-4H3;1-3,6-9,11,14-17H,4H2;1-3,8H/t2*9-,12+,14-,15+,17-;6-,7+,8+,9-,11-;/m001./s1/i18+0;;12+0;. The number of nitrogens with zero attached hydrogens (tertiary/aromatic N) is 6. The largest absolute Gasteiger partial charge is 0.501 e. The van der Waals surface area contributed by atoms with Crippen LogP contribution in [0.4, 0.5) is 20.4 Å². The minimum absolute atomic E-state index is 0.143. The van der Waals surface area contributed by atoms with Gasteiger partial charge in [-0.15, -0.1) is 0 Å². The van der Waals surface area contributed by atoms with Gasteiger partial charge in [-0.05, 0) is 81.2 Å². The van der Waals surface area contributed by atoms with Crippen LogP contribution in [0.2, 0.25) is 0 Å². The second-order valence-corrected chi connectivity index (χ2v) is 17.7. The van der Waals surface area contributed by atoms with Gasteiger partial charge in [0.1, 0.15) is 49.0 Å². The Labute approximate surface area is 460 Å². The molecule has 0 aromatic carbocycles. The van der Waals surface area contributed by atoms with Crippen LogP contribution in [0.3, 0.4) is 0 Å². The summed E-state index contributed by atoms with van der Waals surface area (Å²) in [7, 11) is 0. The number of aromatic nitrogens is 4. The molecule has 4 aromatic rings. The van der Waals surface area contributed by atoms with Gasteiger partial charge in [0.2, 0.25) is 42.6 Å². The molecule has 29 nitrogen and oxygen atoms in total. The lowest BCUT2D eigenvalue weighted by Gasteiger charge is -2.43. The Hall–Kier alpha value is -7.94. The number of aromatic hydroxyl groups is 1. The summed E-state index contributed by atoms with van der Waals surface area (Å²) in [6.07, 6.45) is -7.74. The van der Waals surface area contributed by atoms with Gasteiger partial charge in [0.15, 0.2) is 11.5 Å². The number of pyridine rings is 4. The Kier molecular flexibility index (Phi) is 25.2. The first-order valence-electron chi connectivity index (χ1n) is 24.7. The molecule has 31 heteroatoms. The molecule has 3 aliphatic heterocycles. The molecule has 3 fully saturated rings. The second-order valence-electron chi connectivity index (χ2n) is 17.7. The van der Waals surface area contributed by atoms with E-state index in [2.05, 4.69) is 19.9 Å². The highest BCUT2D eigenvalue weighted by atomic mass is 19.1. The van der Waals surface area contributed by atoms with Crippen LogP contribution in [-0.2, 0) is 52.3 Å². The van der Waals surface area contributed by atoms with E-state index in [1.54, 1.807) is 6.92 Å². The van der Waals surface area contributed by atoms with Gasteiger partial charge in [-0.2, -0.15) is 8.78 Å². The van der Waals surface area contributed by atoms with Crippen molar-refractivity contribution >= 4 is 35.5 Å². The lowest BCUT2D eigenvalue weighted by molar-refractivity contribution is -0.391. The van der Waals surface area contributed by atoms with Gasteiger partial charge in [-0.25, -0.2) is 9.97 Å². The third-order valence-electron chi connectivity index (χ3n) is 11.9.